The first-order valence-electron chi connectivity index (χ1n) is 9.32. The average Bonchev–Trinajstić information content (AvgIpc) is 2.73. The lowest BCUT2D eigenvalue weighted by Gasteiger charge is -2.05. The van der Waals surface area contributed by atoms with Gasteiger partial charge in [0.25, 0.3) is 0 Å². The second kappa shape index (κ2) is 8.02. The molecule has 0 saturated carbocycles. The van der Waals surface area contributed by atoms with Crippen LogP contribution in [0.4, 0.5) is 22.7 Å². The maximum Gasteiger partial charge on any atom is 0.143 e. The fraction of sp³-hybridized carbons (Fsp3) is 0.0833. The third-order valence-corrected chi connectivity index (χ3v) is 4.72. The van der Waals surface area contributed by atoms with Crippen LogP contribution in [0.3, 0.4) is 0 Å². The Morgan fingerprint density at radius 3 is 1.86 bits per heavy atom. The van der Waals surface area contributed by atoms with Gasteiger partial charge in [-0.1, -0.05) is 48.5 Å². The molecule has 29 heavy (non-hydrogen) atoms. The minimum absolute atomic E-state index is 0.0721. The molecule has 0 aliphatic heterocycles. The van der Waals surface area contributed by atoms with Crippen LogP contribution in [-0.4, -0.2) is 5.11 Å². The van der Waals surface area contributed by atoms with E-state index >= 15 is 0 Å². The summed E-state index contributed by atoms with van der Waals surface area (Å²) in [5.74, 6) is 0.0721. The largest absolute Gasteiger partial charge is 0.506 e. The molecule has 5 nitrogen and oxygen atoms in total. The minimum atomic E-state index is 0.0721. The van der Waals surface area contributed by atoms with Crippen LogP contribution in [0.15, 0.2) is 99.3 Å². The van der Waals surface area contributed by atoms with Crippen LogP contribution in [-0.2, 0) is 0 Å². The summed E-state index contributed by atoms with van der Waals surface area (Å²) < 4.78 is 0. The molecule has 0 atom stereocenters. The van der Waals surface area contributed by atoms with Gasteiger partial charge >= 0.3 is 0 Å². The first kappa shape index (κ1) is 18.5. The van der Waals surface area contributed by atoms with Gasteiger partial charge in [0.15, 0.2) is 0 Å². The highest BCUT2D eigenvalue weighted by Gasteiger charge is 2.08. The molecule has 5 heteroatoms. The molecule has 0 aliphatic carbocycles. The van der Waals surface area contributed by atoms with Crippen molar-refractivity contribution >= 4 is 33.5 Å². The molecular formula is C24H20N4O. The highest BCUT2D eigenvalue weighted by atomic mass is 16.3. The zero-order valence-electron chi connectivity index (χ0n) is 16.2. The molecule has 0 spiro atoms. The third-order valence-electron chi connectivity index (χ3n) is 4.72. The first-order chi connectivity index (χ1) is 14.1. The Morgan fingerprint density at radius 2 is 1.21 bits per heavy atom. The Bertz CT molecular complexity index is 1240. The summed E-state index contributed by atoms with van der Waals surface area (Å²) in [6.07, 6.45) is 0. The number of aromatic hydroxyl groups is 1. The lowest BCUT2D eigenvalue weighted by molar-refractivity contribution is 0.477. The summed E-state index contributed by atoms with van der Waals surface area (Å²) in [6, 6.07) is 24.7. The van der Waals surface area contributed by atoms with Gasteiger partial charge in [-0.05, 0) is 60.7 Å². The van der Waals surface area contributed by atoms with Crippen LogP contribution in [0.25, 0.3) is 10.8 Å². The molecule has 4 aromatic rings. The Kier molecular flexibility index (Phi) is 5.12. The Balaban J connectivity index is 1.75. The molecule has 142 valence electrons. The summed E-state index contributed by atoms with van der Waals surface area (Å²) in [7, 11) is 0. The lowest BCUT2D eigenvalue weighted by Crippen LogP contribution is -1.77. The average molecular weight is 380 g/mol. The van der Waals surface area contributed by atoms with E-state index in [0.717, 1.165) is 33.3 Å². The van der Waals surface area contributed by atoms with Crippen molar-refractivity contribution in [2.75, 3.05) is 0 Å². The van der Waals surface area contributed by atoms with E-state index in [1.54, 1.807) is 6.07 Å². The summed E-state index contributed by atoms with van der Waals surface area (Å²) in [4.78, 5) is 0. The van der Waals surface area contributed by atoms with Gasteiger partial charge in [-0.15, -0.1) is 5.11 Å². The monoisotopic (exact) mass is 380 g/mol. The van der Waals surface area contributed by atoms with Crippen LogP contribution < -0.4 is 0 Å². The van der Waals surface area contributed by atoms with Gasteiger partial charge < -0.3 is 5.11 Å². The second-order valence-electron chi connectivity index (χ2n) is 6.81. The van der Waals surface area contributed by atoms with Gasteiger partial charge in [0.1, 0.15) is 11.4 Å². The van der Waals surface area contributed by atoms with Crippen molar-refractivity contribution in [2.45, 2.75) is 13.8 Å². The number of fused-ring (bicyclic) bond motifs is 1. The first-order valence-corrected chi connectivity index (χ1v) is 9.32. The number of hydrogen-bond acceptors (Lipinski definition) is 5. The van der Waals surface area contributed by atoms with Crippen LogP contribution in [0.1, 0.15) is 11.1 Å². The molecular weight excluding hydrogens is 360 g/mol. The summed E-state index contributed by atoms with van der Waals surface area (Å²) in [5.41, 5.74) is 4.76. The zero-order chi connectivity index (χ0) is 20.2. The van der Waals surface area contributed by atoms with Gasteiger partial charge in [0.2, 0.25) is 0 Å². The number of benzene rings is 4. The highest BCUT2D eigenvalue weighted by Crippen LogP contribution is 2.38. The van der Waals surface area contributed by atoms with Crippen molar-refractivity contribution in [3.63, 3.8) is 0 Å². The Hall–Kier alpha value is -3.86. The van der Waals surface area contributed by atoms with Crippen LogP contribution in [0.5, 0.6) is 5.75 Å². The topological polar surface area (TPSA) is 69.7 Å². The van der Waals surface area contributed by atoms with Gasteiger partial charge in [-0.3, -0.25) is 0 Å². The number of azo groups is 2. The van der Waals surface area contributed by atoms with Gasteiger partial charge in [-0.25, -0.2) is 0 Å². The maximum atomic E-state index is 10.4. The molecule has 0 saturated heterocycles. The molecule has 0 aliphatic rings. The molecule has 0 fully saturated rings. The molecule has 0 radical (unpaired) electrons. The van der Waals surface area contributed by atoms with Crippen LogP contribution >= 0.6 is 0 Å². The summed E-state index contributed by atoms with van der Waals surface area (Å²) >= 11 is 0. The normalized spacial score (nSPS) is 11.7. The van der Waals surface area contributed by atoms with Crippen molar-refractivity contribution in [3.8, 4) is 5.75 Å². The molecule has 0 amide bonds. The number of aryl methyl sites for hydroxylation is 2. The lowest BCUT2D eigenvalue weighted by atomic mass is 10.1. The molecule has 0 bridgehead atoms. The van der Waals surface area contributed by atoms with Crippen molar-refractivity contribution < 1.29 is 5.11 Å². The molecule has 4 aromatic carbocycles. The summed E-state index contributed by atoms with van der Waals surface area (Å²) in [5, 5.41) is 29.5. The second-order valence-corrected chi connectivity index (χ2v) is 6.81. The molecule has 0 unspecified atom stereocenters. The quantitative estimate of drug-likeness (QED) is 0.358. The highest BCUT2D eigenvalue weighted by molar-refractivity contribution is 5.97. The van der Waals surface area contributed by atoms with E-state index in [1.807, 2.05) is 86.6 Å². The number of phenolic OH excluding ortho intramolecular Hbond substituents is 1. The van der Waals surface area contributed by atoms with Crippen molar-refractivity contribution in [1.29, 1.82) is 0 Å². The van der Waals surface area contributed by atoms with Crippen molar-refractivity contribution in [1.82, 2.24) is 0 Å². The molecule has 0 heterocycles. The third kappa shape index (κ3) is 4.04. The SMILES string of the molecule is Cc1ccccc1/N=N/c1ccc2ccc(O)c(/N=N/c3ccccc3C)c2c1. The number of hydrogen-bond donors (Lipinski definition) is 1. The standard InChI is InChI=1S/C24H20N4O/c1-16-7-3-5-9-21(16)26-25-19-13-11-18-12-14-23(29)24(20(18)15-19)28-27-22-10-6-4-8-17(22)2/h3-15,29H,1-2H3/b26-25+,28-27+. The number of rotatable bonds is 4. The zero-order valence-corrected chi connectivity index (χ0v) is 16.2. The van der Waals surface area contributed by atoms with Crippen molar-refractivity contribution in [3.05, 3.63) is 90.0 Å². The van der Waals surface area contributed by atoms with Gasteiger partial charge in [0, 0.05) is 5.39 Å². The number of nitrogens with zero attached hydrogens (tertiary/aromatic N) is 4. The molecule has 4 rings (SSSR count). The van der Waals surface area contributed by atoms with E-state index in [-0.39, 0.29) is 5.75 Å². The maximum absolute atomic E-state index is 10.4. The number of phenols is 1. The fourth-order valence-corrected chi connectivity index (χ4v) is 3.01. The predicted octanol–water partition coefficient (Wildman–Crippen LogP) is 7.99. The smallest absolute Gasteiger partial charge is 0.143 e. The Morgan fingerprint density at radius 1 is 0.621 bits per heavy atom. The molecule has 1 N–H and O–H groups in total. The van der Waals surface area contributed by atoms with Crippen molar-refractivity contribution in [2.24, 2.45) is 20.5 Å². The molecule has 0 aromatic heterocycles. The van der Waals surface area contributed by atoms with E-state index in [9.17, 15) is 5.11 Å². The van der Waals surface area contributed by atoms with Crippen LogP contribution in [0, 0.1) is 13.8 Å². The minimum Gasteiger partial charge on any atom is -0.506 e. The van der Waals surface area contributed by atoms with E-state index in [0.29, 0.717) is 11.4 Å². The Labute approximate surface area is 169 Å². The van der Waals surface area contributed by atoms with E-state index in [4.69, 9.17) is 0 Å². The van der Waals surface area contributed by atoms with Crippen LogP contribution in [0.2, 0.25) is 0 Å². The van der Waals surface area contributed by atoms with E-state index in [1.165, 1.54) is 0 Å². The summed E-state index contributed by atoms with van der Waals surface area (Å²) in [6.45, 7) is 3.97. The predicted molar refractivity (Wildman–Crippen MR) is 116 cm³/mol. The van der Waals surface area contributed by atoms with E-state index in [2.05, 4.69) is 20.5 Å². The van der Waals surface area contributed by atoms with Gasteiger partial charge in [0.05, 0.1) is 17.1 Å². The fourth-order valence-electron chi connectivity index (χ4n) is 3.01. The van der Waals surface area contributed by atoms with E-state index < -0.39 is 0 Å². The van der Waals surface area contributed by atoms with Gasteiger partial charge in [-0.2, -0.15) is 15.3 Å².